The van der Waals surface area contributed by atoms with E-state index in [1.165, 1.54) is 6.07 Å². The monoisotopic (exact) mass is 297 g/mol. The number of aryl methyl sites for hydroxylation is 1. The highest BCUT2D eigenvalue weighted by molar-refractivity contribution is 5.62. The predicted molar refractivity (Wildman–Crippen MR) is 73.7 cm³/mol. The molecule has 1 heterocycles. The number of hydrogen-bond acceptors (Lipinski definition) is 5. The number of halogens is 3. The summed E-state index contributed by atoms with van der Waals surface area (Å²) in [5.74, 6) is 0.609. The summed E-state index contributed by atoms with van der Waals surface area (Å²) in [6, 6.07) is 3.40. The van der Waals surface area contributed by atoms with Gasteiger partial charge in [0.05, 0.1) is 5.56 Å². The summed E-state index contributed by atoms with van der Waals surface area (Å²) in [4.78, 5) is 13.8. The molecule has 5 nitrogen and oxygen atoms in total. The van der Waals surface area contributed by atoms with Gasteiger partial charge in [0.25, 0.3) is 0 Å². The Morgan fingerprint density at radius 2 is 1.76 bits per heavy atom. The van der Waals surface area contributed by atoms with E-state index in [0.717, 1.165) is 12.1 Å². The largest absolute Gasteiger partial charge is 0.416 e. The van der Waals surface area contributed by atoms with Gasteiger partial charge in [-0.05, 0) is 24.6 Å². The summed E-state index contributed by atoms with van der Waals surface area (Å²) in [7, 11) is 3.47. The molecule has 0 amide bonds. The van der Waals surface area contributed by atoms with Gasteiger partial charge in [0.1, 0.15) is 0 Å². The summed E-state index contributed by atoms with van der Waals surface area (Å²) >= 11 is 0. The van der Waals surface area contributed by atoms with E-state index in [4.69, 9.17) is 5.73 Å². The van der Waals surface area contributed by atoms with Crippen LogP contribution in [0.25, 0.3) is 11.4 Å². The molecule has 0 saturated carbocycles. The Balaban J connectivity index is 2.52. The minimum Gasteiger partial charge on any atom is -0.368 e. The molecule has 21 heavy (non-hydrogen) atoms. The number of anilines is 2. The first-order valence-corrected chi connectivity index (χ1v) is 6.05. The smallest absolute Gasteiger partial charge is 0.368 e. The Bertz CT molecular complexity index is 667. The lowest BCUT2D eigenvalue weighted by Crippen LogP contribution is -2.15. The number of nitrogens with two attached hydrogens (primary N) is 1. The fourth-order valence-electron chi connectivity index (χ4n) is 1.79. The molecule has 0 fully saturated rings. The van der Waals surface area contributed by atoms with Crippen LogP contribution in [0.15, 0.2) is 18.2 Å². The third kappa shape index (κ3) is 3.21. The molecule has 0 unspecified atom stereocenters. The number of alkyl halides is 3. The predicted octanol–water partition coefficient (Wildman–Crippen LogP) is 2.51. The fraction of sp³-hybridized carbons (Fsp3) is 0.308. The van der Waals surface area contributed by atoms with Crippen molar-refractivity contribution in [3.63, 3.8) is 0 Å². The van der Waals surface area contributed by atoms with E-state index in [0.29, 0.717) is 17.1 Å². The average molecular weight is 297 g/mol. The second kappa shape index (κ2) is 5.19. The van der Waals surface area contributed by atoms with Gasteiger partial charge in [-0.2, -0.15) is 28.1 Å². The first-order chi connectivity index (χ1) is 9.68. The molecule has 0 spiro atoms. The minimum atomic E-state index is -4.38. The lowest BCUT2D eigenvalue weighted by atomic mass is 10.0. The van der Waals surface area contributed by atoms with Crippen molar-refractivity contribution in [1.29, 1.82) is 0 Å². The molecule has 2 N–H and O–H groups in total. The van der Waals surface area contributed by atoms with Crippen molar-refractivity contribution in [2.75, 3.05) is 24.7 Å². The van der Waals surface area contributed by atoms with Crippen molar-refractivity contribution in [3.05, 3.63) is 29.3 Å². The van der Waals surface area contributed by atoms with Crippen LogP contribution in [0, 0.1) is 6.92 Å². The van der Waals surface area contributed by atoms with Gasteiger partial charge in [-0.15, -0.1) is 0 Å². The SMILES string of the molecule is Cc1cc(C(F)(F)F)ccc1-c1nc(N)nc(N(C)C)n1. The van der Waals surface area contributed by atoms with E-state index in [-0.39, 0.29) is 11.8 Å². The van der Waals surface area contributed by atoms with Crippen molar-refractivity contribution < 1.29 is 13.2 Å². The number of nitrogens with zero attached hydrogens (tertiary/aromatic N) is 4. The number of nitrogen functional groups attached to an aromatic ring is 1. The van der Waals surface area contributed by atoms with E-state index >= 15 is 0 Å². The Morgan fingerprint density at radius 1 is 1.10 bits per heavy atom. The maximum atomic E-state index is 12.7. The summed E-state index contributed by atoms with van der Waals surface area (Å²) in [6.45, 7) is 1.57. The zero-order chi connectivity index (χ0) is 15.8. The van der Waals surface area contributed by atoms with E-state index in [2.05, 4.69) is 15.0 Å². The molecular formula is C13H14F3N5. The van der Waals surface area contributed by atoms with Crippen LogP contribution in [0.2, 0.25) is 0 Å². The molecule has 1 aromatic heterocycles. The molecule has 8 heteroatoms. The van der Waals surface area contributed by atoms with Crippen LogP contribution in [0.1, 0.15) is 11.1 Å². The van der Waals surface area contributed by atoms with Gasteiger partial charge in [0.2, 0.25) is 11.9 Å². The standard InChI is InChI=1S/C13H14F3N5/c1-7-6-8(13(14,15)16)4-5-9(7)10-18-11(17)20-12(19-10)21(2)3/h4-6H,1-3H3,(H2,17,18,19,20). The normalized spacial score (nSPS) is 11.5. The van der Waals surface area contributed by atoms with Crippen LogP contribution in [0.4, 0.5) is 25.1 Å². The lowest BCUT2D eigenvalue weighted by molar-refractivity contribution is -0.137. The van der Waals surface area contributed by atoms with Crippen molar-refractivity contribution in [2.45, 2.75) is 13.1 Å². The Hall–Kier alpha value is -2.38. The Morgan fingerprint density at radius 3 is 2.29 bits per heavy atom. The van der Waals surface area contributed by atoms with Crippen LogP contribution in [0.5, 0.6) is 0 Å². The summed E-state index contributed by atoms with van der Waals surface area (Å²) < 4.78 is 38.0. The first kappa shape index (κ1) is 15.0. The van der Waals surface area contributed by atoms with Gasteiger partial charge in [-0.3, -0.25) is 0 Å². The molecule has 112 valence electrons. The topological polar surface area (TPSA) is 67.9 Å². The Labute approximate surface area is 119 Å². The molecule has 0 aliphatic carbocycles. The molecule has 0 saturated heterocycles. The van der Waals surface area contributed by atoms with Crippen LogP contribution < -0.4 is 10.6 Å². The number of rotatable bonds is 2. The molecule has 0 radical (unpaired) electrons. The number of aromatic nitrogens is 3. The van der Waals surface area contributed by atoms with E-state index < -0.39 is 11.7 Å². The molecular weight excluding hydrogens is 283 g/mol. The lowest BCUT2D eigenvalue weighted by Gasteiger charge is -2.13. The van der Waals surface area contributed by atoms with E-state index in [1.807, 2.05) is 0 Å². The van der Waals surface area contributed by atoms with Gasteiger partial charge in [-0.25, -0.2) is 0 Å². The van der Waals surface area contributed by atoms with Crippen LogP contribution in [-0.2, 0) is 6.18 Å². The number of benzene rings is 1. The molecule has 0 atom stereocenters. The molecule has 0 aliphatic heterocycles. The van der Waals surface area contributed by atoms with Gasteiger partial charge in [-0.1, -0.05) is 6.07 Å². The first-order valence-electron chi connectivity index (χ1n) is 6.05. The second-order valence-corrected chi connectivity index (χ2v) is 4.74. The van der Waals surface area contributed by atoms with Crippen LogP contribution in [0.3, 0.4) is 0 Å². The fourth-order valence-corrected chi connectivity index (χ4v) is 1.79. The highest BCUT2D eigenvalue weighted by Crippen LogP contribution is 2.32. The average Bonchev–Trinajstić information content (AvgIpc) is 2.36. The van der Waals surface area contributed by atoms with Crippen molar-refractivity contribution in [1.82, 2.24) is 15.0 Å². The summed E-state index contributed by atoms with van der Waals surface area (Å²) in [5.41, 5.74) is 5.81. The molecule has 2 aromatic rings. The zero-order valence-electron chi connectivity index (χ0n) is 11.7. The third-order valence-electron chi connectivity index (χ3n) is 2.84. The van der Waals surface area contributed by atoms with Gasteiger partial charge in [0, 0.05) is 19.7 Å². The highest BCUT2D eigenvalue weighted by Gasteiger charge is 2.30. The van der Waals surface area contributed by atoms with Crippen molar-refractivity contribution in [2.24, 2.45) is 0 Å². The van der Waals surface area contributed by atoms with Crippen molar-refractivity contribution in [3.8, 4) is 11.4 Å². The maximum absolute atomic E-state index is 12.7. The molecule has 1 aromatic carbocycles. The zero-order valence-corrected chi connectivity index (χ0v) is 11.7. The van der Waals surface area contributed by atoms with Crippen LogP contribution in [-0.4, -0.2) is 29.0 Å². The molecule has 0 aliphatic rings. The number of hydrogen-bond donors (Lipinski definition) is 1. The van der Waals surface area contributed by atoms with Gasteiger partial charge < -0.3 is 10.6 Å². The Kier molecular flexibility index (Phi) is 3.71. The highest BCUT2D eigenvalue weighted by atomic mass is 19.4. The molecule has 2 rings (SSSR count). The minimum absolute atomic E-state index is 0.0167. The maximum Gasteiger partial charge on any atom is 0.416 e. The summed E-state index contributed by atoms with van der Waals surface area (Å²) in [5, 5.41) is 0. The summed E-state index contributed by atoms with van der Waals surface area (Å²) in [6.07, 6.45) is -4.38. The second-order valence-electron chi connectivity index (χ2n) is 4.74. The van der Waals surface area contributed by atoms with E-state index in [9.17, 15) is 13.2 Å². The molecule has 0 bridgehead atoms. The van der Waals surface area contributed by atoms with E-state index in [1.54, 1.807) is 25.9 Å². The quantitative estimate of drug-likeness (QED) is 0.922. The van der Waals surface area contributed by atoms with Gasteiger partial charge >= 0.3 is 6.18 Å². The third-order valence-corrected chi connectivity index (χ3v) is 2.84. The van der Waals surface area contributed by atoms with Crippen molar-refractivity contribution >= 4 is 11.9 Å². The van der Waals surface area contributed by atoms with Crippen LogP contribution >= 0.6 is 0 Å². The van der Waals surface area contributed by atoms with Gasteiger partial charge in [0.15, 0.2) is 5.82 Å².